The standard InChI is InChI=1S/C20H20N4O3/c21-14-16-5-4-8-18(13-16)27-15-19(25)23-9-11-24(12-10-23)20(26)22-17-6-2-1-3-7-17/h1-8,13H,9-12,15H2,(H,22,26). The van der Waals surface area contributed by atoms with E-state index in [-0.39, 0.29) is 18.5 Å². The Hall–Kier alpha value is -3.53. The van der Waals surface area contributed by atoms with Gasteiger partial charge >= 0.3 is 6.03 Å². The van der Waals surface area contributed by atoms with Crippen LogP contribution in [0.25, 0.3) is 0 Å². The number of nitriles is 1. The average molecular weight is 364 g/mol. The fraction of sp³-hybridized carbons (Fsp3) is 0.250. The van der Waals surface area contributed by atoms with Gasteiger partial charge in [-0.25, -0.2) is 4.79 Å². The van der Waals surface area contributed by atoms with Gasteiger partial charge in [0.25, 0.3) is 5.91 Å². The maximum Gasteiger partial charge on any atom is 0.321 e. The summed E-state index contributed by atoms with van der Waals surface area (Å²) in [5.41, 5.74) is 1.23. The van der Waals surface area contributed by atoms with Gasteiger partial charge in [-0.2, -0.15) is 5.26 Å². The summed E-state index contributed by atoms with van der Waals surface area (Å²) in [6.07, 6.45) is 0. The molecule has 0 bridgehead atoms. The number of piperazine rings is 1. The number of para-hydroxylation sites is 1. The number of benzene rings is 2. The molecule has 3 rings (SSSR count). The fourth-order valence-corrected chi connectivity index (χ4v) is 2.77. The van der Waals surface area contributed by atoms with Gasteiger partial charge in [0.05, 0.1) is 11.6 Å². The minimum absolute atomic E-state index is 0.0922. The van der Waals surface area contributed by atoms with Gasteiger partial charge in [0.1, 0.15) is 5.75 Å². The van der Waals surface area contributed by atoms with E-state index in [1.807, 2.05) is 36.4 Å². The molecule has 27 heavy (non-hydrogen) atoms. The lowest BCUT2D eigenvalue weighted by Gasteiger charge is -2.34. The quantitative estimate of drug-likeness (QED) is 0.902. The maximum atomic E-state index is 12.3. The second-order valence-electron chi connectivity index (χ2n) is 6.09. The molecule has 1 aliphatic heterocycles. The lowest BCUT2D eigenvalue weighted by Crippen LogP contribution is -2.52. The molecular weight excluding hydrogens is 344 g/mol. The number of nitrogens with zero attached hydrogens (tertiary/aromatic N) is 3. The summed E-state index contributed by atoms with van der Waals surface area (Å²) >= 11 is 0. The molecule has 7 heteroatoms. The third-order valence-electron chi connectivity index (χ3n) is 4.27. The zero-order valence-electron chi connectivity index (χ0n) is 14.8. The predicted octanol–water partition coefficient (Wildman–Crippen LogP) is 2.31. The van der Waals surface area contributed by atoms with Crippen molar-refractivity contribution in [1.29, 1.82) is 5.26 Å². The van der Waals surface area contributed by atoms with Crippen LogP contribution in [0.15, 0.2) is 54.6 Å². The van der Waals surface area contributed by atoms with E-state index >= 15 is 0 Å². The largest absolute Gasteiger partial charge is 0.484 e. The van der Waals surface area contributed by atoms with E-state index in [9.17, 15) is 9.59 Å². The SMILES string of the molecule is N#Cc1cccc(OCC(=O)N2CCN(C(=O)Nc3ccccc3)CC2)c1. The zero-order valence-corrected chi connectivity index (χ0v) is 14.8. The van der Waals surface area contributed by atoms with Gasteiger partial charge in [-0.05, 0) is 30.3 Å². The number of hydrogen-bond donors (Lipinski definition) is 1. The second kappa shape index (κ2) is 8.72. The van der Waals surface area contributed by atoms with Crippen LogP contribution in [0.4, 0.5) is 10.5 Å². The Morgan fingerprint density at radius 3 is 2.41 bits per heavy atom. The molecule has 7 nitrogen and oxygen atoms in total. The van der Waals surface area contributed by atoms with Crippen molar-refractivity contribution >= 4 is 17.6 Å². The third kappa shape index (κ3) is 4.98. The van der Waals surface area contributed by atoms with Crippen molar-refractivity contribution in [1.82, 2.24) is 9.80 Å². The van der Waals surface area contributed by atoms with E-state index in [1.54, 1.807) is 34.1 Å². The van der Waals surface area contributed by atoms with Gasteiger partial charge in [0, 0.05) is 31.9 Å². The van der Waals surface area contributed by atoms with Crippen LogP contribution in [0.1, 0.15) is 5.56 Å². The highest BCUT2D eigenvalue weighted by molar-refractivity contribution is 5.89. The van der Waals surface area contributed by atoms with Crippen molar-refractivity contribution < 1.29 is 14.3 Å². The molecule has 1 N–H and O–H groups in total. The van der Waals surface area contributed by atoms with Gasteiger partial charge < -0.3 is 19.9 Å². The minimum Gasteiger partial charge on any atom is -0.484 e. The lowest BCUT2D eigenvalue weighted by atomic mass is 10.2. The highest BCUT2D eigenvalue weighted by Crippen LogP contribution is 2.13. The van der Waals surface area contributed by atoms with E-state index in [0.29, 0.717) is 37.5 Å². The first kappa shape index (κ1) is 18.3. The molecule has 0 aromatic heterocycles. The van der Waals surface area contributed by atoms with E-state index in [2.05, 4.69) is 5.32 Å². The summed E-state index contributed by atoms with van der Waals surface area (Å²) in [4.78, 5) is 28.0. The minimum atomic E-state index is -0.169. The van der Waals surface area contributed by atoms with Crippen LogP contribution in [-0.2, 0) is 4.79 Å². The van der Waals surface area contributed by atoms with Crippen LogP contribution in [-0.4, -0.2) is 54.5 Å². The van der Waals surface area contributed by atoms with Crippen LogP contribution in [0.3, 0.4) is 0 Å². The fourth-order valence-electron chi connectivity index (χ4n) is 2.77. The monoisotopic (exact) mass is 364 g/mol. The number of anilines is 1. The zero-order chi connectivity index (χ0) is 19.1. The molecule has 2 aromatic carbocycles. The Balaban J connectivity index is 1.45. The van der Waals surface area contributed by atoms with Crippen molar-refractivity contribution in [3.8, 4) is 11.8 Å². The first-order valence-electron chi connectivity index (χ1n) is 8.67. The average Bonchev–Trinajstić information content (AvgIpc) is 2.73. The molecule has 0 unspecified atom stereocenters. The Labute approximate surface area is 157 Å². The molecule has 1 saturated heterocycles. The molecular formula is C20H20N4O3. The summed E-state index contributed by atoms with van der Waals surface area (Å²) in [6, 6.07) is 17.8. The van der Waals surface area contributed by atoms with Crippen LogP contribution in [0.5, 0.6) is 5.75 Å². The first-order chi connectivity index (χ1) is 13.2. The predicted molar refractivity (Wildman–Crippen MR) is 100 cm³/mol. The van der Waals surface area contributed by atoms with Crippen molar-refractivity contribution in [2.75, 3.05) is 38.1 Å². The summed E-state index contributed by atoms with van der Waals surface area (Å²) in [5.74, 6) is 0.351. The molecule has 0 aliphatic carbocycles. The molecule has 1 fully saturated rings. The topological polar surface area (TPSA) is 85.7 Å². The van der Waals surface area contributed by atoms with Gasteiger partial charge in [-0.3, -0.25) is 4.79 Å². The number of urea groups is 1. The number of hydrogen-bond acceptors (Lipinski definition) is 4. The van der Waals surface area contributed by atoms with Crippen LogP contribution in [0.2, 0.25) is 0 Å². The number of nitrogens with one attached hydrogen (secondary N) is 1. The molecule has 1 heterocycles. The smallest absolute Gasteiger partial charge is 0.321 e. The summed E-state index contributed by atoms with van der Waals surface area (Å²) in [5, 5.41) is 11.7. The van der Waals surface area contributed by atoms with Crippen molar-refractivity contribution in [2.24, 2.45) is 0 Å². The Morgan fingerprint density at radius 1 is 1.00 bits per heavy atom. The number of ether oxygens (including phenoxy) is 1. The molecule has 2 aromatic rings. The highest BCUT2D eigenvalue weighted by Gasteiger charge is 2.24. The van der Waals surface area contributed by atoms with Gasteiger partial charge in [0.2, 0.25) is 0 Å². The number of carbonyl (C=O) groups excluding carboxylic acids is 2. The molecule has 0 radical (unpaired) electrons. The number of carbonyl (C=O) groups is 2. The number of rotatable bonds is 4. The first-order valence-corrected chi connectivity index (χ1v) is 8.67. The van der Waals surface area contributed by atoms with E-state index in [1.165, 1.54) is 0 Å². The Kier molecular flexibility index (Phi) is 5.90. The highest BCUT2D eigenvalue weighted by atomic mass is 16.5. The maximum absolute atomic E-state index is 12.3. The van der Waals surface area contributed by atoms with Crippen LogP contribution in [0, 0.1) is 11.3 Å². The normalized spacial score (nSPS) is 13.6. The van der Waals surface area contributed by atoms with Gasteiger partial charge in [-0.1, -0.05) is 24.3 Å². The van der Waals surface area contributed by atoms with E-state index in [4.69, 9.17) is 10.00 Å². The van der Waals surface area contributed by atoms with Crippen molar-refractivity contribution in [3.05, 3.63) is 60.2 Å². The van der Waals surface area contributed by atoms with Crippen molar-refractivity contribution in [2.45, 2.75) is 0 Å². The second-order valence-corrected chi connectivity index (χ2v) is 6.09. The lowest BCUT2D eigenvalue weighted by molar-refractivity contribution is -0.134. The summed E-state index contributed by atoms with van der Waals surface area (Å²) in [6.45, 7) is 1.76. The summed E-state index contributed by atoms with van der Waals surface area (Å²) in [7, 11) is 0. The molecule has 0 atom stereocenters. The van der Waals surface area contributed by atoms with Gasteiger partial charge in [0.15, 0.2) is 6.61 Å². The molecule has 138 valence electrons. The van der Waals surface area contributed by atoms with Crippen LogP contribution < -0.4 is 10.1 Å². The summed E-state index contributed by atoms with van der Waals surface area (Å²) < 4.78 is 5.48. The van der Waals surface area contributed by atoms with E-state index < -0.39 is 0 Å². The number of amides is 3. The van der Waals surface area contributed by atoms with Crippen LogP contribution >= 0.6 is 0 Å². The molecule has 1 aliphatic rings. The Morgan fingerprint density at radius 2 is 1.70 bits per heavy atom. The molecule has 0 spiro atoms. The Bertz CT molecular complexity index is 840. The third-order valence-corrected chi connectivity index (χ3v) is 4.27. The molecule has 3 amide bonds. The van der Waals surface area contributed by atoms with E-state index in [0.717, 1.165) is 5.69 Å². The van der Waals surface area contributed by atoms with Gasteiger partial charge in [-0.15, -0.1) is 0 Å². The van der Waals surface area contributed by atoms with Crippen molar-refractivity contribution in [3.63, 3.8) is 0 Å². The molecule has 0 saturated carbocycles.